The van der Waals surface area contributed by atoms with Crippen LogP contribution in [0, 0.1) is 5.92 Å². The molecule has 0 radical (unpaired) electrons. The molecule has 2 rings (SSSR count). The second-order valence-electron chi connectivity index (χ2n) is 4.86. The minimum Gasteiger partial charge on any atom is -0.360 e. The van der Waals surface area contributed by atoms with E-state index in [0.29, 0.717) is 12.1 Å². The molecule has 2 nitrogen and oxygen atoms in total. The van der Waals surface area contributed by atoms with Gasteiger partial charge >= 0.3 is 0 Å². The summed E-state index contributed by atoms with van der Waals surface area (Å²) in [6.07, 6.45) is 7.90. The van der Waals surface area contributed by atoms with E-state index in [4.69, 9.17) is 12.2 Å². The topological polar surface area (TPSA) is 24.1 Å². The molecule has 2 aliphatic carbocycles. The number of hydrogen-bond acceptors (Lipinski definition) is 1. The smallest absolute Gasteiger partial charge is 0.166 e. The molecular weight excluding hydrogens is 192 g/mol. The van der Waals surface area contributed by atoms with Gasteiger partial charge in [0.1, 0.15) is 0 Å². The van der Waals surface area contributed by atoms with Gasteiger partial charge in [-0.3, -0.25) is 0 Å². The van der Waals surface area contributed by atoms with Crippen LogP contribution in [0.15, 0.2) is 0 Å². The standard InChI is InChI=1S/C11H20N2S/c1-8-3-2-4-10(7-8)13-11(14)12-9-5-6-9/h8-10H,2-7H2,1H3,(H2,12,13,14). The van der Waals surface area contributed by atoms with Crippen LogP contribution in [-0.2, 0) is 0 Å². The van der Waals surface area contributed by atoms with E-state index < -0.39 is 0 Å². The van der Waals surface area contributed by atoms with Crippen molar-refractivity contribution in [2.24, 2.45) is 5.92 Å². The Morgan fingerprint density at radius 1 is 1.07 bits per heavy atom. The quantitative estimate of drug-likeness (QED) is 0.686. The van der Waals surface area contributed by atoms with E-state index in [1.54, 1.807) is 0 Å². The van der Waals surface area contributed by atoms with Crippen molar-refractivity contribution in [3.63, 3.8) is 0 Å². The van der Waals surface area contributed by atoms with Gasteiger partial charge in [0.25, 0.3) is 0 Å². The third-order valence-electron chi connectivity index (χ3n) is 3.18. The minimum absolute atomic E-state index is 0.623. The van der Waals surface area contributed by atoms with Gasteiger partial charge in [0, 0.05) is 12.1 Å². The lowest BCUT2D eigenvalue weighted by molar-refractivity contribution is 0.325. The number of rotatable bonds is 2. The summed E-state index contributed by atoms with van der Waals surface area (Å²) in [4.78, 5) is 0. The Morgan fingerprint density at radius 2 is 1.79 bits per heavy atom. The zero-order valence-electron chi connectivity index (χ0n) is 8.88. The second kappa shape index (κ2) is 4.47. The summed E-state index contributed by atoms with van der Waals surface area (Å²) < 4.78 is 0. The molecule has 2 atom stereocenters. The van der Waals surface area contributed by atoms with Crippen LogP contribution in [0.5, 0.6) is 0 Å². The van der Waals surface area contributed by atoms with Gasteiger partial charge in [0.2, 0.25) is 0 Å². The fourth-order valence-corrected chi connectivity index (χ4v) is 2.54. The predicted molar refractivity (Wildman–Crippen MR) is 63.3 cm³/mol. The Kier molecular flexibility index (Phi) is 3.26. The lowest BCUT2D eigenvalue weighted by Gasteiger charge is -2.28. The third kappa shape index (κ3) is 3.12. The summed E-state index contributed by atoms with van der Waals surface area (Å²) in [7, 11) is 0. The molecule has 2 N–H and O–H groups in total. The van der Waals surface area contributed by atoms with Gasteiger partial charge in [0.05, 0.1) is 0 Å². The van der Waals surface area contributed by atoms with E-state index >= 15 is 0 Å². The summed E-state index contributed by atoms with van der Waals surface area (Å²) in [5.41, 5.74) is 0. The Labute approximate surface area is 91.8 Å². The first-order valence-electron chi connectivity index (χ1n) is 5.81. The van der Waals surface area contributed by atoms with Crippen LogP contribution in [0.3, 0.4) is 0 Å². The average molecular weight is 212 g/mol. The summed E-state index contributed by atoms with van der Waals surface area (Å²) in [5.74, 6) is 0.866. The summed E-state index contributed by atoms with van der Waals surface area (Å²) in [6.45, 7) is 2.34. The van der Waals surface area contributed by atoms with Crippen LogP contribution in [-0.4, -0.2) is 17.2 Å². The lowest BCUT2D eigenvalue weighted by Crippen LogP contribution is -2.44. The van der Waals surface area contributed by atoms with E-state index in [1.807, 2.05) is 0 Å². The van der Waals surface area contributed by atoms with Crippen LogP contribution in [0.4, 0.5) is 0 Å². The average Bonchev–Trinajstić information content (AvgIpc) is 2.87. The van der Waals surface area contributed by atoms with Crippen molar-refractivity contribution in [1.82, 2.24) is 10.6 Å². The predicted octanol–water partition coefficient (Wildman–Crippen LogP) is 2.19. The Morgan fingerprint density at radius 3 is 2.43 bits per heavy atom. The molecular formula is C11H20N2S. The van der Waals surface area contributed by atoms with Gasteiger partial charge in [-0.15, -0.1) is 0 Å². The van der Waals surface area contributed by atoms with Gasteiger partial charge in [-0.1, -0.05) is 19.8 Å². The Hall–Kier alpha value is -0.310. The first-order chi connectivity index (χ1) is 6.74. The molecule has 0 amide bonds. The van der Waals surface area contributed by atoms with Crippen molar-refractivity contribution in [2.75, 3.05) is 0 Å². The largest absolute Gasteiger partial charge is 0.360 e. The van der Waals surface area contributed by atoms with Crippen LogP contribution in [0.25, 0.3) is 0 Å². The molecule has 14 heavy (non-hydrogen) atoms. The highest BCUT2D eigenvalue weighted by Gasteiger charge is 2.24. The second-order valence-corrected chi connectivity index (χ2v) is 5.27. The fourth-order valence-electron chi connectivity index (χ4n) is 2.21. The maximum absolute atomic E-state index is 5.27. The van der Waals surface area contributed by atoms with Crippen molar-refractivity contribution in [3.05, 3.63) is 0 Å². The molecule has 0 aromatic heterocycles. The number of thiocarbonyl (C=S) groups is 1. The van der Waals surface area contributed by atoms with Crippen LogP contribution < -0.4 is 10.6 Å². The van der Waals surface area contributed by atoms with Gasteiger partial charge < -0.3 is 10.6 Å². The Bertz CT molecular complexity index is 213. The number of hydrogen-bond donors (Lipinski definition) is 2. The van der Waals surface area contributed by atoms with Crippen molar-refractivity contribution in [1.29, 1.82) is 0 Å². The Balaban J connectivity index is 1.69. The number of nitrogens with one attached hydrogen (secondary N) is 2. The molecule has 0 saturated heterocycles. The first kappa shape index (κ1) is 10.2. The van der Waals surface area contributed by atoms with E-state index in [1.165, 1.54) is 38.5 Å². The molecule has 0 aliphatic heterocycles. The van der Waals surface area contributed by atoms with Crippen LogP contribution in [0.2, 0.25) is 0 Å². The molecule has 2 saturated carbocycles. The van der Waals surface area contributed by atoms with Crippen molar-refractivity contribution in [3.8, 4) is 0 Å². The summed E-state index contributed by atoms with van der Waals surface area (Å²) >= 11 is 5.27. The van der Waals surface area contributed by atoms with E-state index in [2.05, 4.69) is 17.6 Å². The van der Waals surface area contributed by atoms with Crippen molar-refractivity contribution in [2.45, 2.75) is 57.5 Å². The zero-order valence-corrected chi connectivity index (χ0v) is 9.70. The lowest BCUT2D eigenvalue weighted by atomic mass is 9.87. The molecule has 80 valence electrons. The van der Waals surface area contributed by atoms with Crippen LogP contribution >= 0.6 is 12.2 Å². The van der Waals surface area contributed by atoms with Crippen LogP contribution in [0.1, 0.15) is 45.4 Å². The molecule has 2 fully saturated rings. The van der Waals surface area contributed by atoms with Gasteiger partial charge in [0.15, 0.2) is 5.11 Å². The minimum atomic E-state index is 0.623. The molecule has 0 spiro atoms. The molecule has 2 aliphatic rings. The first-order valence-corrected chi connectivity index (χ1v) is 6.22. The maximum atomic E-state index is 5.27. The molecule has 3 heteroatoms. The molecule has 2 unspecified atom stereocenters. The summed E-state index contributed by atoms with van der Waals surface area (Å²) in [6, 6.07) is 1.30. The van der Waals surface area contributed by atoms with Crippen molar-refractivity contribution < 1.29 is 0 Å². The van der Waals surface area contributed by atoms with E-state index in [-0.39, 0.29) is 0 Å². The normalized spacial score (nSPS) is 32.4. The van der Waals surface area contributed by atoms with Crippen molar-refractivity contribution >= 4 is 17.3 Å². The highest BCUT2D eigenvalue weighted by molar-refractivity contribution is 7.80. The molecule has 0 heterocycles. The third-order valence-corrected chi connectivity index (χ3v) is 3.42. The monoisotopic (exact) mass is 212 g/mol. The maximum Gasteiger partial charge on any atom is 0.166 e. The van der Waals surface area contributed by atoms with E-state index in [9.17, 15) is 0 Å². The molecule has 0 bridgehead atoms. The molecule has 0 aromatic carbocycles. The van der Waals surface area contributed by atoms with Gasteiger partial charge in [-0.05, 0) is 43.8 Å². The highest BCUT2D eigenvalue weighted by atomic mass is 32.1. The van der Waals surface area contributed by atoms with E-state index in [0.717, 1.165) is 11.0 Å². The SMILES string of the molecule is CC1CCCC(NC(=S)NC2CC2)C1. The van der Waals surface area contributed by atoms with Gasteiger partial charge in [-0.2, -0.15) is 0 Å². The summed E-state index contributed by atoms with van der Waals surface area (Å²) in [5, 5.41) is 7.66. The van der Waals surface area contributed by atoms with Gasteiger partial charge in [-0.25, -0.2) is 0 Å². The molecule has 0 aromatic rings. The highest BCUT2D eigenvalue weighted by Crippen LogP contribution is 2.23. The zero-order chi connectivity index (χ0) is 9.97. The fraction of sp³-hybridized carbons (Fsp3) is 0.909.